The van der Waals surface area contributed by atoms with Gasteiger partial charge >= 0.3 is 0 Å². The van der Waals surface area contributed by atoms with Gasteiger partial charge in [-0.2, -0.15) is 0 Å². The summed E-state index contributed by atoms with van der Waals surface area (Å²) in [4.78, 5) is 28.0. The van der Waals surface area contributed by atoms with Gasteiger partial charge < -0.3 is 10.6 Å². The maximum atomic E-state index is 13.3. The number of carbonyl (C=O) groups is 1. The van der Waals surface area contributed by atoms with E-state index in [1.807, 2.05) is 51.2 Å². The first-order chi connectivity index (χ1) is 13.0. The molecule has 140 valence electrons. The maximum Gasteiger partial charge on any atom is 0.295 e. The van der Waals surface area contributed by atoms with E-state index in [-0.39, 0.29) is 11.5 Å². The van der Waals surface area contributed by atoms with Gasteiger partial charge in [-0.1, -0.05) is 31.2 Å². The summed E-state index contributed by atoms with van der Waals surface area (Å²) in [6, 6.07) is 16.2. The number of benzene rings is 2. The van der Waals surface area contributed by atoms with Gasteiger partial charge in [0.2, 0.25) is 0 Å². The second-order valence-electron chi connectivity index (χ2n) is 6.49. The van der Waals surface area contributed by atoms with Crippen molar-refractivity contribution < 1.29 is 4.79 Å². The van der Waals surface area contributed by atoms with E-state index >= 15 is 0 Å². The normalized spacial score (nSPS) is 10.8. The van der Waals surface area contributed by atoms with Crippen molar-refractivity contribution in [2.45, 2.75) is 20.3 Å². The summed E-state index contributed by atoms with van der Waals surface area (Å²) in [5.41, 5.74) is 8.49. The number of nitrogens with zero attached hydrogens (tertiary/aromatic N) is 3. The summed E-state index contributed by atoms with van der Waals surface area (Å²) in [6.07, 6.45) is 0.729. The smallest absolute Gasteiger partial charge is 0.295 e. The van der Waals surface area contributed by atoms with Crippen LogP contribution in [-0.4, -0.2) is 21.8 Å². The number of para-hydroxylation sites is 1. The molecule has 0 fully saturated rings. The molecule has 1 amide bonds. The first-order valence-corrected chi connectivity index (χ1v) is 8.97. The Morgan fingerprint density at radius 3 is 2.44 bits per heavy atom. The number of nitrogen functional groups attached to an aromatic ring is 1. The van der Waals surface area contributed by atoms with Gasteiger partial charge in [-0.05, 0) is 43.7 Å². The highest BCUT2D eigenvalue weighted by Gasteiger charge is 2.26. The van der Waals surface area contributed by atoms with Gasteiger partial charge in [-0.15, -0.1) is 0 Å². The zero-order valence-corrected chi connectivity index (χ0v) is 15.8. The average molecular weight is 364 g/mol. The topological polar surface area (TPSA) is 73.3 Å². The standard InChI is InChI=1S/C21H24N4O2/c1-4-13-24(20(26)16-9-8-10-17(22)14-16)19-15(2)23(3)25(21(19)27)18-11-6-5-7-12-18/h5-12,14H,4,13,22H2,1-3H3. The number of hydrogen-bond acceptors (Lipinski definition) is 3. The molecule has 1 aromatic heterocycles. The van der Waals surface area contributed by atoms with Crippen molar-refractivity contribution in [3.63, 3.8) is 0 Å². The Morgan fingerprint density at radius 2 is 1.81 bits per heavy atom. The van der Waals surface area contributed by atoms with Crippen LogP contribution >= 0.6 is 0 Å². The lowest BCUT2D eigenvalue weighted by atomic mass is 10.1. The van der Waals surface area contributed by atoms with Crippen LogP contribution in [0.25, 0.3) is 5.69 Å². The van der Waals surface area contributed by atoms with Gasteiger partial charge in [0, 0.05) is 24.8 Å². The van der Waals surface area contributed by atoms with Crippen molar-refractivity contribution in [2.75, 3.05) is 17.2 Å². The highest BCUT2D eigenvalue weighted by molar-refractivity contribution is 6.06. The molecule has 0 atom stereocenters. The molecular weight excluding hydrogens is 340 g/mol. The second kappa shape index (κ2) is 7.53. The predicted octanol–water partition coefficient (Wildman–Crippen LogP) is 3.12. The van der Waals surface area contributed by atoms with E-state index in [0.717, 1.165) is 17.8 Å². The minimum Gasteiger partial charge on any atom is -0.399 e. The number of rotatable bonds is 5. The fourth-order valence-corrected chi connectivity index (χ4v) is 3.23. The first-order valence-electron chi connectivity index (χ1n) is 8.97. The van der Waals surface area contributed by atoms with Crippen LogP contribution < -0.4 is 16.2 Å². The summed E-state index contributed by atoms with van der Waals surface area (Å²) in [5.74, 6) is -0.227. The Morgan fingerprint density at radius 1 is 1.11 bits per heavy atom. The van der Waals surface area contributed by atoms with E-state index < -0.39 is 0 Å². The highest BCUT2D eigenvalue weighted by atomic mass is 16.2. The van der Waals surface area contributed by atoms with E-state index in [9.17, 15) is 9.59 Å². The van der Waals surface area contributed by atoms with Crippen molar-refractivity contribution in [3.8, 4) is 5.69 Å². The molecule has 0 spiro atoms. The Hall–Kier alpha value is -3.28. The molecule has 0 aliphatic rings. The fourth-order valence-electron chi connectivity index (χ4n) is 3.23. The SMILES string of the molecule is CCCN(C(=O)c1cccc(N)c1)c1c(C)n(C)n(-c2ccccc2)c1=O. The third-order valence-electron chi connectivity index (χ3n) is 4.62. The van der Waals surface area contributed by atoms with Crippen LogP contribution in [0.15, 0.2) is 59.4 Å². The number of hydrogen-bond donors (Lipinski definition) is 1. The van der Waals surface area contributed by atoms with E-state index in [1.54, 1.807) is 38.5 Å². The minimum absolute atomic E-state index is 0.216. The molecule has 2 aromatic carbocycles. The molecule has 0 aliphatic carbocycles. The molecule has 3 aromatic rings. The minimum atomic E-state index is -0.227. The van der Waals surface area contributed by atoms with Crippen LogP contribution in [0.4, 0.5) is 11.4 Å². The molecule has 1 heterocycles. The Balaban J connectivity index is 2.15. The first kappa shape index (κ1) is 18.5. The Bertz CT molecular complexity index is 1020. The predicted molar refractivity (Wildman–Crippen MR) is 109 cm³/mol. The second-order valence-corrected chi connectivity index (χ2v) is 6.49. The van der Waals surface area contributed by atoms with Crippen LogP contribution in [0.1, 0.15) is 29.4 Å². The van der Waals surface area contributed by atoms with Crippen LogP contribution in [0, 0.1) is 6.92 Å². The molecule has 6 nitrogen and oxygen atoms in total. The third kappa shape index (κ3) is 3.38. The van der Waals surface area contributed by atoms with E-state index in [1.165, 1.54) is 0 Å². The van der Waals surface area contributed by atoms with Gasteiger partial charge in [0.1, 0.15) is 5.69 Å². The maximum absolute atomic E-state index is 13.3. The Kier molecular flexibility index (Phi) is 5.16. The lowest BCUT2D eigenvalue weighted by molar-refractivity contribution is 0.0986. The Labute approximate surface area is 158 Å². The number of aromatic nitrogens is 2. The summed E-state index contributed by atoms with van der Waals surface area (Å²) in [6.45, 7) is 4.28. The third-order valence-corrected chi connectivity index (χ3v) is 4.62. The zero-order valence-electron chi connectivity index (χ0n) is 15.8. The summed E-state index contributed by atoms with van der Waals surface area (Å²) in [7, 11) is 1.82. The number of nitrogens with two attached hydrogens (primary N) is 1. The van der Waals surface area contributed by atoms with Gasteiger partial charge in [0.15, 0.2) is 0 Å². The van der Waals surface area contributed by atoms with Crippen molar-refractivity contribution >= 4 is 17.3 Å². The molecule has 0 saturated heterocycles. The lowest BCUT2D eigenvalue weighted by Gasteiger charge is -2.21. The summed E-state index contributed by atoms with van der Waals surface area (Å²) >= 11 is 0. The molecule has 0 aliphatic heterocycles. The molecular formula is C21H24N4O2. The zero-order chi connectivity index (χ0) is 19.6. The summed E-state index contributed by atoms with van der Waals surface area (Å²) < 4.78 is 3.36. The molecule has 0 unspecified atom stereocenters. The quantitative estimate of drug-likeness (QED) is 0.707. The van der Waals surface area contributed by atoms with Gasteiger partial charge in [-0.3, -0.25) is 14.3 Å². The molecule has 0 bridgehead atoms. The monoisotopic (exact) mass is 364 g/mol. The molecule has 27 heavy (non-hydrogen) atoms. The fraction of sp³-hybridized carbons (Fsp3) is 0.238. The van der Waals surface area contributed by atoms with E-state index in [0.29, 0.717) is 23.5 Å². The number of anilines is 2. The van der Waals surface area contributed by atoms with Crippen molar-refractivity contribution in [2.24, 2.45) is 7.05 Å². The number of amides is 1. The van der Waals surface area contributed by atoms with Crippen molar-refractivity contribution in [3.05, 3.63) is 76.2 Å². The largest absolute Gasteiger partial charge is 0.399 e. The van der Waals surface area contributed by atoms with Crippen molar-refractivity contribution in [1.29, 1.82) is 0 Å². The average Bonchev–Trinajstić information content (AvgIpc) is 2.89. The van der Waals surface area contributed by atoms with Crippen LogP contribution in [0.2, 0.25) is 0 Å². The van der Waals surface area contributed by atoms with Crippen LogP contribution in [0.3, 0.4) is 0 Å². The molecule has 0 radical (unpaired) electrons. The highest BCUT2D eigenvalue weighted by Crippen LogP contribution is 2.21. The lowest BCUT2D eigenvalue weighted by Crippen LogP contribution is -2.36. The van der Waals surface area contributed by atoms with Crippen LogP contribution in [-0.2, 0) is 7.05 Å². The summed E-state index contributed by atoms with van der Waals surface area (Å²) in [5, 5.41) is 0. The van der Waals surface area contributed by atoms with Gasteiger partial charge in [0.05, 0.1) is 11.4 Å². The van der Waals surface area contributed by atoms with E-state index in [2.05, 4.69) is 0 Å². The van der Waals surface area contributed by atoms with Gasteiger partial charge in [-0.25, -0.2) is 4.68 Å². The van der Waals surface area contributed by atoms with Gasteiger partial charge in [0.25, 0.3) is 11.5 Å². The molecule has 0 saturated carbocycles. The molecule has 2 N–H and O–H groups in total. The molecule has 6 heteroatoms. The molecule has 3 rings (SSSR count). The van der Waals surface area contributed by atoms with Crippen molar-refractivity contribution in [1.82, 2.24) is 9.36 Å². The van der Waals surface area contributed by atoms with Crippen LogP contribution in [0.5, 0.6) is 0 Å². The number of carbonyl (C=O) groups excluding carboxylic acids is 1. The van der Waals surface area contributed by atoms with E-state index in [4.69, 9.17) is 5.73 Å².